The average Bonchev–Trinajstić information content (AvgIpc) is 2.52. The molecule has 0 aromatic carbocycles. The van der Waals surface area contributed by atoms with Gasteiger partial charge in [0, 0.05) is 13.0 Å². The number of carbonyl (C=O) groups is 1. The van der Waals surface area contributed by atoms with Gasteiger partial charge in [0.05, 0.1) is 0 Å². The second kappa shape index (κ2) is 4.75. The summed E-state index contributed by atoms with van der Waals surface area (Å²) >= 11 is 0. The van der Waals surface area contributed by atoms with Crippen LogP contribution in [-0.2, 0) is 9.53 Å². The molecule has 2 nitrogen and oxygen atoms in total. The van der Waals surface area contributed by atoms with E-state index in [1.807, 2.05) is 0 Å². The van der Waals surface area contributed by atoms with Crippen LogP contribution in [0.2, 0.25) is 0 Å². The zero-order chi connectivity index (χ0) is 9.84. The standard InChI is InChI=1S/C11H20O2/c1-8(2)9-4-5-10(6-9)11(12)7-13-3/h8-10H,4-7H2,1-3H3. The number of ether oxygens (including phenoxy) is 1. The van der Waals surface area contributed by atoms with E-state index in [0.717, 1.165) is 24.7 Å². The Kier molecular flexibility index (Phi) is 3.91. The van der Waals surface area contributed by atoms with Gasteiger partial charge in [-0.1, -0.05) is 13.8 Å². The van der Waals surface area contributed by atoms with Gasteiger partial charge in [-0.2, -0.15) is 0 Å². The van der Waals surface area contributed by atoms with Gasteiger partial charge in [-0.05, 0) is 31.1 Å². The lowest BCUT2D eigenvalue weighted by atomic mass is 9.92. The molecule has 1 fully saturated rings. The number of ketones is 1. The Morgan fingerprint density at radius 3 is 2.62 bits per heavy atom. The van der Waals surface area contributed by atoms with E-state index in [2.05, 4.69) is 13.8 Å². The molecule has 1 aliphatic carbocycles. The van der Waals surface area contributed by atoms with Gasteiger partial charge in [-0.15, -0.1) is 0 Å². The number of hydrogen-bond acceptors (Lipinski definition) is 2. The number of rotatable bonds is 4. The molecule has 76 valence electrons. The minimum atomic E-state index is 0.285. The van der Waals surface area contributed by atoms with E-state index in [4.69, 9.17) is 4.74 Å². The summed E-state index contributed by atoms with van der Waals surface area (Å²) in [5.74, 6) is 2.06. The Labute approximate surface area is 80.7 Å². The van der Waals surface area contributed by atoms with Gasteiger partial charge in [0.1, 0.15) is 6.61 Å². The molecule has 1 aliphatic rings. The summed E-state index contributed by atoms with van der Waals surface area (Å²) in [6.45, 7) is 4.79. The zero-order valence-electron chi connectivity index (χ0n) is 8.88. The monoisotopic (exact) mass is 184 g/mol. The summed E-state index contributed by atoms with van der Waals surface area (Å²) in [5.41, 5.74) is 0. The molecule has 0 spiro atoms. The van der Waals surface area contributed by atoms with E-state index in [1.54, 1.807) is 7.11 Å². The van der Waals surface area contributed by atoms with E-state index >= 15 is 0 Å². The fourth-order valence-electron chi connectivity index (χ4n) is 2.17. The molecule has 0 aromatic heterocycles. The highest BCUT2D eigenvalue weighted by Crippen LogP contribution is 2.35. The van der Waals surface area contributed by atoms with Crippen molar-refractivity contribution in [3.8, 4) is 0 Å². The molecule has 0 radical (unpaired) electrons. The van der Waals surface area contributed by atoms with Crippen molar-refractivity contribution < 1.29 is 9.53 Å². The lowest BCUT2D eigenvalue weighted by molar-refractivity contribution is -0.126. The summed E-state index contributed by atoms with van der Waals surface area (Å²) in [6.07, 6.45) is 3.38. The molecule has 0 heterocycles. The molecule has 1 rings (SSSR count). The van der Waals surface area contributed by atoms with Gasteiger partial charge in [-0.3, -0.25) is 4.79 Å². The van der Waals surface area contributed by atoms with Gasteiger partial charge in [0.2, 0.25) is 0 Å². The van der Waals surface area contributed by atoms with Crippen molar-refractivity contribution in [1.82, 2.24) is 0 Å². The first-order valence-electron chi connectivity index (χ1n) is 5.16. The topological polar surface area (TPSA) is 26.3 Å². The van der Waals surface area contributed by atoms with Crippen LogP contribution < -0.4 is 0 Å². The Morgan fingerprint density at radius 2 is 2.15 bits per heavy atom. The predicted molar refractivity (Wildman–Crippen MR) is 52.6 cm³/mol. The highest BCUT2D eigenvalue weighted by atomic mass is 16.5. The summed E-state index contributed by atoms with van der Waals surface area (Å²) < 4.78 is 4.86. The molecule has 2 atom stereocenters. The fourth-order valence-corrected chi connectivity index (χ4v) is 2.17. The smallest absolute Gasteiger partial charge is 0.161 e. The van der Waals surface area contributed by atoms with Crippen molar-refractivity contribution in [2.24, 2.45) is 17.8 Å². The molecule has 0 aromatic rings. The van der Waals surface area contributed by atoms with Crippen molar-refractivity contribution in [3.05, 3.63) is 0 Å². The molecule has 0 amide bonds. The second-order valence-corrected chi connectivity index (χ2v) is 4.41. The lowest BCUT2D eigenvalue weighted by Gasteiger charge is -2.13. The molecule has 1 saturated carbocycles. The van der Waals surface area contributed by atoms with Crippen LogP contribution in [0.25, 0.3) is 0 Å². The van der Waals surface area contributed by atoms with Gasteiger partial charge in [0.25, 0.3) is 0 Å². The third-order valence-electron chi connectivity index (χ3n) is 3.16. The number of methoxy groups -OCH3 is 1. The normalized spacial score (nSPS) is 28.3. The quantitative estimate of drug-likeness (QED) is 0.670. The maximum Gasteiger partial charge on any atom is 0.161 e. The molecule has 0 bridgehead atoms. The van der Waals surface area contributed by atoms with Crippen molar-refractivity contribution in [2.75, 3.05) is 13.7 Å². The van der Waals surface area contributed by atoms with Gasteiger partial charge in [-0.25, -0.2) is 0 Å². The van der Waals surface area contributed by atoms with Crippen LogP contribution in [0.4, 0.5) is 0 Å². The Balaban J connectivity index is 2.36. The molecular weight excluding hydrogens is 164 g/mol. The highest BCUT2D eigenvalue weighted by Gasteiger charge is 2.30. The van der Waals surface area contributed by atoms with Crippen molar-refractivity contribution in [1.29, 1.82) is 0 Å². The number of Topliss-reactive ketones (excluding diaryl/α,β-unsaturated/α-hetero) is 1. The first-order chi connectivity index (χ1) is 6.15. The molecule has 0 saturated heterocycles. The molecular formula is C11H20O2. The Morgan fingerprint density at radius 1 is 1.46 bits per heavy atom. The van der Waals surface area contributed by atoms with Crippen LogP contribution in [0.15, 0.2) is 0 Å². The third kappa shape index (κ3) is 2.80. The summed E-state index contributed by atoms with van der Waals surface area (Å²) in [4.78, 5) is 11.5. The average molecular weight is 184 g/mol. The first-order valence-corrected chi connectivity index (χ1v) is 5.16. The summed E-state index contributed by atoms with van der Waals surface area (Å²) in [6, 6.07) is 0. The minimum Gasteiger partial charge on any atom is -0.377 e. The minimum absolute atomic E-state index is 0.285. The first kappa shape index (κ1) is 10.7. The van der Waals surface area contributed by atoms with E-state index in [1.165, 1.54) is 6.42 Å². The third-order valence-corrected chi connectivity index (χ3v) is 3.16. The Bertz CT molecular complexity index is 175. The van der Waals surface area contributed by atoms with Crippen LogP contribution in [0.1, 0.15) is 33.1 Å². The van der Waals surface area contributed by atoms with E-state index in [-0.39, 0.29) is 5.92 Å². The fraction of sp³-hybridized carbons (Fsp3) is 0.909. The second-order valence-electron chi connectivity index (χ2n) is 4.41. The molecule has 0 aliphatic heterocycles. The zero-order valence-corrected chi connectivity index (χ0v) is 8.88. The maximum atomic E-state index is 11.5. The van der Waals surface area contributed by atoms with Crippen LogP contribution in [0, 0.1) is 17.8 Å². The van der Waals surface area contributed by atoms with E-state index < -0.39 is 0 Å². The van der Waals surface area contributed by atoms with Crippen LogP contribution >= 0.6 is 0 Å². The maximum absolute atomic E-state index is 11.5. The van der Waals surface area contributed by atoms with Gasteiger partial charge >= 0.3 is 0 Å². The highest BCUT2D eigenvalue weighted by molar-refractivity contribution is 5.82. The lowest BCUT2D eigenvalue weighted by Crippen LogP contribution is -2.17. The van der Waals surface area contributed by atoms with Crippen LogP contribution in [0.5, 0.6) is 0 Å². The van der Waals surface area contributed by atoms with Gasteiger partial charge < -0.3 is 4.74 Å². The molecule has 13 heavy (non-hydrogen) atoms. The SMILES string of the molecule is COCC(=O)C1CCC(C(C)C)C1. The van der Waals surface area contributed by atoms with Crippen molar-refractivity contribution >= 4 is 5.78 Å². The summed E-state index contributed by atoms with van der Waals surface area (Å²) in [7, 11) is 1.59. The van der Waals surface area contributed by atoms with Gasteiger partial charge in [0.15, 0.2) is 5.78 Å². The molecule has 0 N–H and O–H groups in total. The van der Waals surface area contributed by atoms with Crippen LogP contribution in [-0.4, -0.2) is 19.5 Å². The Hall–Kier alpha value is -0.370. The number of hydrogen-bond donors (Lipinski definition) is 0. The predicted octanol–water partition coefficient (Wildman–Crippen LogP) is 2.27. The van der Waals surface area contributed by atoms with E-state index in [9.17, 15) is 4.79 Å². The van der Waals surface area contributed by atoms with Crippen molar-refractivity contribution in [2.45, 2.75) is 33.1 Å². The summed E-state index contributed by atoms with van der Waals surface area (Å²) in [5, 5.41) is 0. The van der Waals surface area contributed by atoms with Crippen LogP contribution in [0.3, 0.4) is 0 Å². The molecule has 2 heteroatoms. The van der Waals surface area contributed by atoms with E-state index in [0.29, 0.717) is 12.4 Å². The number of carbonyl (C=O) groups excluding carboxylic acids is 1. The largest absolute Gasteiger partial charge is 0.377 e. The molecule has 2 unspecified atom stereocenters. The van der Waals surface area contributed by atoms with Crippen molar-refractivity contribution in [3.63, 3.8) is 0 Å².